The molecule has 0 aliphatic carbocycles. The summed E-state index contributed by atoms with van der Waals surface area (Å²) in [6.45, 7) is 2.10. The maximum atomic E-state index is 3.07. The molecule has 0 fully saturated rings. The van der Waals surface area contributed by atoms with Gasteiger partial charge in [0.15, 0.2) is 0 Å². The average molecular weight is 271 g/mol. The zero-order chi connectivity index (χ0) is 9.10. The van der Waals surface area contributed by atoms with Crippen molar-refractivity contribution in [3.8, 4) is 11.1 Å². The first kappa shape index (κ1) is 14.7. The van der Waals surface area contributed by atoms with Gasteiger partial charge in [-0.2, -0.15) is 30.3 Å². The number of rotatable bonds is 1. The minimum Gasteiger partial charge on any atom is -1.00 e. The molecule has 72 valence electrons. The number of aryl methyl sites for hydroxylation is 1. The molecule has 2 aromatic carbocycles. The summed E-state index contributed by atoms with van der Waals surface area (Å²) in [5.74, 6) is 0. The van der Waals surface area contributed by atoms with Gasteiger partial charge in [0.2, 0.25) is 0 Å². The average Bonchev–Trinajstić information content (AvgIpc) is 2.20. The Kier molecular flexibility index (Phi) is 6.89. The van der Waals surface area contributed by atoms with Crippen LogP contribution in [0.3, 0.4) is 0 Å². The van der Waals surface area contributed by atoms with Crippen LogP contribution < -0.4 is 17.0 Å². The van der Waals surface area contributed by atoms with Crippen molar-refractivity contribution >= 4 is 23.1 Å². The normalized spacial score (nSPS) is 8.60. The van der Waals surface area contributed by atoms with E-state index in [2.05, 4.69) is 43.3 Å². The molecule has 15 heavy (non-hydrogen) atoms. The molecule has 0 aromatic heterocycles. The Bertz CT molecular complexity index is 381. The summed E-state index contributed by atoms with van der Waals surface area (Å²) in [6.07, 6.45) is 0. The Hall–Kier alpha value is -0.314. The van der Waals surface area contributed by atoms with Gasteiger partial charge >= 0.3 is 23.1 Å². The van der Waals surface area contributed by atoms with E-state index in [1.807, 2.05) is 18.2 Å². The van der Waals surface area contributed by atoms with E-state index in [0.29, 0.717) is 0 Å². The zero-order valence-electron chi connectivity index (χ0n) is 8.70. The van der Waals surface area contributed by atoms with Gasteiger partial charge in [0, 0.05) is 0 Å². The van der Waals surface area contributed by atoms with Crippen molar-refractivity contribution in [1.29, 1.82) is 0 Å². The summed E-state index contributed by atoms with van der Waals surface area (Å²) >= 11 is 0. The van der Waals surface area contributed by atoms with E-state index in [0.717, 1.165) is 0 Å². The summed E-state index contributed by atoms with van der Waals surface area (Å²) in [7, 11) is 0. The molecule has 2 heteroatoms. The van der Waals surface area contributed by atoms with Crippen molar-refractivity contribution in [2.24, 2.45) is 0 Å². The van der Waals surface area contributed by atoms with Crippen LogP contribution in [-0.2, 0) is 0 Å². The van der Waals surface area contributed by atoms with E-state index >= 15 is 0 Å². The topological polar surface area (TPSA) is 0 Å². The number of hydrogen-bond acceptors (Lipinski definition) is 0. The molecule has 0 bridgehead atoms. The van der Waals surface area contributed by atoms with Crippen molar-refractivity contribution in [3.05, 3.63) is 60.2 Å². The van der Waals surface area contributed by atoms with Gasteiger partial charge in [0.1, 0.15) is 0 Å². The monoisotopic (exact) mass is 270 g/mol. The molecule has 0 saturated heterocycles. The van der Waals surface area contributed by atoms with Crippen molar-refractivity contribution in [2.45, 2.75) is 6.92 Å². The van der Waals surface area contributed by atoms with E-state index in [1.54, 1.807) is 0 Å². The van der Waals surface area contributed by atoms with Gasteiger partial charge in [-0.1, -0.05) is 35.4 Å². The van der Waals surface area contributed by atoms with Crippen LogP contribution in [0.15, 0.2) is 48.5 Å². The molecule has 0 heterocycles. The Morgan fingerprint density at radius 2 is 1.60 bits per heavy atom. The maximum Gasteiger partial charge on any atom is 2.00 e. The first-order valence-electron chi connectivity index (χ1n) is 4.39. The molecule has 0 unspecified atom stereocenters. The van der Waals surface area contributed by atoms with E-state index in [-0.39, 0.29) is 40.0 Å². The van der Waals surface area contributed by atoms with Gasteiger partial charge in [-0.05, 0) is 6.92 Å². The van der Waals surface area contributed by atoms with E-state index < -0.39 is 0 Å². The Balaban J connectivity index is 0.000000980. The quantitative estimate of drug-likeness (QED) is 0.509. The second kappa shape index (κ2) is 7.04. The van der Waals surface area contributed by atoms with Gasteiger partial charge < -0.3 is 17.0 Å². The van der Waals surface area contributed by atoms with Crippen LogP contribution in [-0.4, -0.2) is 23.1 Å². The fourth-order valence-electron chi connectivity index (χ4n) is 1.32. The third-order valence-corrected chi connectivity index (χ3v) is 2.09. The summed E-state index contributed by atoms with van der Waals surface area (Å²) in [6, 6.07) is 19.6. The summed E-state index contributed by atoms with van der Waals surface area (Å²) in [5.41, 5.74) is 3.77. The number of hydrogen-bond donors (Lipinski definition) is 0. The zero-order valence-corrected chi connectivity index (χ0v) is 11.7. The standard InChI is InChI=1S/C13H11.BrH.Mg/c1-11-7-9-13(10-8-11)12-5-3-2-4-6-12;;/h2-3,5-10H,1H3;1H;/q-1;;+2/p-1. The van der Waals surface area contributed by atoms with E-state index in [9.17, 15) is 0 Å². The Morgan fingerprint density at radius 1 is 0.933 bits per heavy atom. The predicted octanol–water partition coefficient (Wildman–Crippen LogP) is 0.0854. The molecule has 0 aliphatic heterocycles. The van der Waals surface area contributed by atoms with E-state index in [1.165, 1.54) is 16.7 Å². The van der Waals surface area contributed by atoms with Gasteiger partial charge in [-0.25, -0.2) is 0 Å². The molecule has 0 amide bonds. The second-order valence-electron chi connectivity index (χ2n) is 3.16. The molecular formula is C13H11BrMg. The molecule has 0 N–H and O–H groups in total. The third kappa shape index (κ3) is 3.97. The van der Waals surface area contributed by atoms with Gasteiger partial charge in [0.05, 0.1) is 0 Å². The first-order chi connectivity index (χ1) is 6.36. The Labute approximate surface area is 118 Å². The summed E-state index contributed by atoms with van der Waals surface area (Å²) < 4.78 is 0. The van der Waals surface area contributed by atoms with Crippen LogP contribution >= 0.6 is 0 Å². The second-order valence-corrected chi connectivity index (χ2v) is 3.16. The number of halogens is 1. The SMILES string of the molecule is Cc1ccc(-c2c[c-]ccc2)cc1.[Br-].[Mg+2]. The smallest absolute Gasteiger partial charge is 1.00 e. The first-order valence-corrected chi connectivity index (χ1v) is 4.39. The van der Waals surface area contributed by atoms with Crippen molar-refractivity contribution in [3.63, 3.8) is 0 Å². The fourth-order valence-corrected chi connectivity index (χ4v) is 1.32. The largest absolute Gasteiger partial charge is 2.00 e. The molecule has 0 aliphatic rings. The van der Waals surface area contributed by atoms with Crippen molar-refractivity contribution < 1.29 is 17.0 Å². The van der Waals surface area contributed by atoms with Crippen LogP contribution in [0.1, 0.15) is 5.56 Å². The summed E-state index contributed by atoms with van der Waals surface area (Å²) in [4.78, 5) is 0. The molecule has 0 atom stereocenters. The van der Waals surface area contributed by atoms with Crippen LogP contribution in [0.5, 0.6) is 0 Å². The van der Waals surface area contributed by atoms with Crippen molar-refractivity contribution in [1.82, 2.24) is 0 Å². The number of benzene rings is 2. The molecular weight excluding hydrogens is 260 g/mol. The minimum atomic E-state index is 0. The Morgan fingerprint density at radius 3 is 2.13 bits per heavy atom. The predicted molar refractivity (Wildman–Crippen MR) is 61.2 cm³/mol. The van der Waals surface area contributed by atoms with Gasteiger partial charge in [-0.15, -0.1) is 5.56 Å². The van der Waals surface area contributed by atoms with Crippen LogP contribution in [0.2, 0.25) is 0 Å². The summed E-state index contributed by atoms with van der Waals surface area (Å²) in [5, 5.41) is 0. The maximum absolute atomic E-state index is 3.07. The molecule has 0 radical (unpaired) electrons. The van der Waals surface area contributed by atoms with Crippen LogP contribution in [0, 0.1) is 13.0 Å². The molecule has 2 aromatic rings. The third-order valence-electron chi connectivity index (χ3n) is 2.09. The van der Waals surface area contributed by atoms with Gasteiger partial charge in [0.25, 0.3) is 0 Å². The molecule has 0 saturated carbocycles. The molecule has 0 nitrogen and oxygen atoms in total. The minimum absolute atomic E-state index is 0. The van der Waals surface area contributed by atoms with Gasteiger partial charge in [-0.3, -0.25) is 0 Å². The molecule has 0 spiro atoms. The van der Waals surface area contributed by atoms with Crippen LogP contribution in [0.4, 0.5) is 0 Å². The van der Waals surface area contributed by atoms with Crippen molar-refractivity contribution in [2.75, 3.05) is 0 Å². The molecule has 2 rings (SSSR count). The van der Waals surface area contributed by atoms with E-state index in [4.69, 9.17) is 0 Å². The van der Waals surface area contributed by atoms with Crippen LogP contribution in [0.25, 0.3) is 11.1 Å². The fraction of sp³-hybridized carbons (Fsp3) is 0.0769.